The molecule has 7 heteroatoms. The second-order valence-corrected chi connectivity index (χ2v) is 4.44. The van der Waals surface area contributed by atoms with Crippen molar-refractivity contribution in [1.29, 1.82) is 0 Å². The zero-order valence-electron chi connectivity index (χ0n) is 9.74. The number of nitrogens with zero attached hydrogens (tertiary/aromatic N) is 3. The summed E-state index contributed by atoms with van der Waals surface area (Å²) in [5.74, 6) is -0.109. The Kier molecular flexibility index (Phi) is 3.54. The van der Waals surface area contributed by atoms with Crippen LogP contribution in [-0.2, 0) is 7.05 Å². The third kappa shape index (κ3) is 2.32. The van der Waals surface area contributed by atoms with E-state index in [1.54, 1.807) is 17.7 Å². The van der Waals surface area contributed by atoms with Crippen LogP contribution in [0.15, 0.2) is 18.5 Å². The molecule has 2 aromatic rings. The van der Waals surface area contributed by atoms with E-state index in [1.165, 1.54) is 6.33 Å². The standard InChI is InChI=1S/C11H10Cl2N4O/c1-6-3-4-7(17(6)2)11(18)16-10-8(12)9(13)14-5-15-10/h3-5H,1-2H3,(H,14,15,16,18). The molecule has 2 aromatic heterocycles. The lowest BCUT2D eigenvalue weighted by molar-refractivity contribution is 0.101. The lowest BCUT2D eigenvalue weighted by atomic mass is 10.4. The minimum atomic E-state index is -0.303. The van der Waals surface area contributed by atoms with Gasteiger partial charge in [0.15, 0.2) is 11.0 Å². The number of hydrogen-bond donors (Lipinski definition) is 1. The van der Waals surface area contributed by atoms with E-state index in [4.69, 9.17) is 23.2 Å². The molecular formula is C11H10Cl2N4O. The van der Waals surface area contributed by atoms with Crippen LogP contribution in [0.5, 0.6) is 0 Å². The molecule has 0 radical (unpaired) electrons. The summed E-state index contributed by atoms with van der Waals surface area (Å²) in [7, 11) is 1.80. The van der Waals surface area contributed by atoms with E-state index in [1.807, 2.05) is 13.0 Å². The average molecular weight is 285 g/mol. The third-order valence-electron chi connectivity index (χ3n) is 2.58. The highest BCUT2D eigenvalue weighted by molar-refractivity contribution is 6.43. The number of carbonyl (C=O) groups excluding carboxylic acids is 1. The summed E-state index contributed by atoms with van der Waals surface area (Å²) >= 11 is 11.6. The average Bonchev–Trinajstić information content (AvgIpc) is 2.66. The maximum Gasteiger partial charge on any atom is 0.273 e. The summed E-state index contributed by atoms with van der Waals surface area (Å²) in [4.78, 5) is 19.6. The number of rotatable bonds is 2. The molecule has 2 heterocycles. The molecule has 1 amide bonds. The summed E-state index contributed by atoms with van der Waals surface area (Å²) in [5, 5.41) is 2.82. The van der Waals surface area contributed by atoms with Crippen LogP contribution in [0.1, 0.15) is 16.2 Å². The minimum Gasteiger partial charge on any atom is -0.344 e. The Hall–Kier alpha value is -1.59. The lowest BCUT2D eigenvalue weighted by Gasteiger charge is -2.07. The SMILES string of the molecule is Cc1ccc(C(=O)Nc2ncnc(Cl)c2Cl)n1C. The first-order chi connectivity index (χ1) is 8.50. The van der Waals surface area contributed by atoms with Gasteiger partial charge in [0, 0.05) is 12.7 Å². The molecule has 0 bridgehead atoms. The Labute approximate surface area is 114 Å². The van der Waals surface area contributed by atoms with Crippen LogP contribution < -0.4 is 5.32 Å². The largest absolute Gasteiger partial charge is 0.344 e. The van der Waals surface area contributed by atoms with E-state index in [2.05, 4.69) is 15.3 Å². The molecule has 0 aliphatic rings. The first-order valence-electron chi connectivity index (χ1n) is 5.10. The summed E-state index contributed by atoms with van der Waals surface area (Å²) in [5.41, 5.74) is 1.49. The molecule has 5 nitrogen and oxygen atoms in total. The predicted molar refractivity (Wildman–Crippen MR) is 70.2 cm³/mol. The highest BCUT2D eigenvalue weighted by Crippen LogP contribution is 2.25. The maximum atomic E-state index is 12.0. The van der Waals surface area contributed by atoms with Crippen molar-refractivity contribution in [3.05, 3.63) is 40.0 Å². The van der Waals surface area contributed by atoms with Crippen molar-refractivity contribution in [1.82, 2.24) is 14.5 Å². The highest BCUT2D eigenvalue weighted by Gasteiger charge is 2.14. The molecule has 1 N–H and O–H groups in total. The Morgan fingerprint density at radius 3 is 2.67 bits per heavy atom. The van der Waals surface area contributed by atoms with Crippen LogP contribution in [0.2, 0.25) is 10.2 Å². The van der Waals surface area contributed by atoms with E-state index < -0.39 is 0 Å². The summed E-state index contributed by atoms with van der Waals surface area (Å²) < 4.78 is 1.77. The number of aromatic nitrogens is 3. The van der Waals surface area contributed by atoms with Gasteiger partial charge < -0.3 is 9.88 Å². The van der Waals surface area contributed by atoms with Gasteiger partial charge in [-0.3, -0.25) is 4.79 Å². The minimum absolute atomic E-state index is 0.102. The van der Waals surface area contributed by atoms with Crippen molar-refractivity contribution in [2.45, 2.75) is 6.92 Å². The van der Waals surface area contributed by atoms with E-state index in [-0.39, 0.29) is 21.9 Å². The fourth-order valence-corrected chi connectivity index (χ4v) is 1.73. The van der Waals surface area contributed by atoms with Crippen molar-refractivity contribution in [3.63, 3.8) is 0 Å². The Bertz CT molecular complexity index is 609. The Morgan fingerprint density at radius 1 is 1.33 bits per heavy atom. The fraction of sp³-hybridized carbons (Fsp3) is 0.182. The van der Waals surface area contributed by atoms with Gasteiger partial charge in [-0.05, 0) is 19.1 Å². The highest BCUT2D eigenvalue weighted by atomic mass is 35.5. The molecule has 0 spiro atoms. The normalized spacial score (nSPS) is 10.4. The van der Waals surface area contributed by atoms with Gasteiger partial charge in [0.2, 0.25) is 0 Å². The van der Waals surface area contributed by atoms with E-state index in [0.29, 0.717) is 5.69 Å². The summed E-state index contributed by atoms with van der Waals surface area (Å²) in [6, 6.07) is 3.57. The van der Waals surface area contributed by atoms with Crippen LogP contribution in [0.3, 0.4) is 0 Å². The van der Waals surface area contributed by atoms with Gasteiger partial charge in [-0.25, -0.2) is 9.97 Å². The summed E-state index contributed by atoms with van der Waals surface area (Å²) in [6.07, 6.45) is 1.24. The first kappa shape index (κ1) is 12.9. The predicted octanol–water partition coefficient (Wildman–Crippen LogP) is 2.68. The molecule has 18 heavy (non-hydrogen) atoms. The number of anilines is 1. The van der Waals surface area contributed by atoms with Crippen molar-refractivity contribution in [2.24, 2.45) is 7.05 Å². The van der Waals surface area contributed by atoms with Crippen molar-refractivity contribution >= 4 is 34.9 Å². The molecule has 0 saturated carbocycles. The monoisotopic (exact) mass is 284 g/mol. The van der Waals surface area contributed by atoms with E-state index in [9.17, 15) is 4.79 Å². The van der Waals surface area contributed by atoms with Gasteiger partial charge >= 0.3 is 0 Å². The molecule has 94 valence electrons. The molecule has 0 atom stereocenters. The number of carbonyl (C=O) groups is 1. The third-order valence-corrected chi connectivity index (χ3v) is 3.33. The first-order valence-corrected chi connectivity index (χ1v) is 5.86. The van der Waals surface area contributed by atoms with Gasteiger partial charge in [-0.2, -0.15) is 0 Å². The molecule has 0 aliphatic heterocycles. The zero-order valence-corrected chi connectivity index (χ0v) is 11.2. The van der Waals surface area contributed by atoms with Crippen LogP contribution in [0.25, 0.3) is 0 Å². The molecule has 0 saturated heterocycles. The molecular weight excluding hydrogens is 275 g/mol. The Morgan fingerprint density at radius 2 is 2.06 bits per heavy atom. The van der Waals surface area contributed by atoms with Crippen molar-refractivity contribution < 1.29 is 4.79 Å². The zero-order chi connectivity index (χ0) is 13.3. The molecule has 2 rings (SSSR count). The van der Waals surface area contributed by atoms with Crippen molar-refractivity contribution in [3.8, 4) is 0 Å². The Balaban J connectivity index is 2.27. The van der Waals surface area contributed by atoms with Crippen LogP contribution in [-0.4, -0.2) is 20.4 Å². The maximum absolute atomic E-state index is 12.0. The van der Waals surface area contributed by atoms with Gasteiger partial charge in [0.25, 0.3) is 5.91 Å². The van der Waals surface area contributed by atoms with Gasteiger partial charge in [-0.1, -0.05) is 23.2 Å². The molecule has 0 unspecified atom stereocenters. The number of nitrogens with one attached hydrogen (secondary N) is 1. The van der Waals surface area contributed by atoms with Crippen LogP contribution >= 0.6 is 23.2 Å². The summed E-state index contributed by atoms with van der Waals surface area (Å²) in [6.45, 7) is 1.91. The molecule has 0 aromatic carbocycles. The lowest BCUT2D eigenvalue weighted by Crippen LogP contribution is -2.17. The molecule has 0 aliphatic carbocycles. The van der Waals surface area contributed by atoms with Gasteiger partial charge in [0.1, 0.15) is 17.0 Å². The van der Waals surface area contributed by atoms with Crippen molar-refractivity contribution in [2.75, 3.05) is 5.32 Å². The van der Waals surface area contributed by atoms with Crippen LogP contribution in [0, 0.1) is 6.92 Å². The quantitative estimate of drug-likeness (QED) is 0.863. The smallest absolute Gasteiger partial charge is 0.273 e. The van der Waals surface area contributed by atoms with Gasteiger partial charge in [-0.15, -0.1) is 0 Å². The fourth-order valence-electron chi connectivity index (χ4n) is 1.45. The van der Waals surface area contributed by atoms with Crippen LogP contribution in [0.4, 0.5) is 5.82 Å². The number of hydrogen-bond acceptors (Lipinski definition) is 3. The van der Waals surface area contributed by atoms with E-state index >= 15 is 0 Å². The second-order valence-electron chi connectivity index (χ2n) is 3.70. The number of halogens is 2. The van der Waals surface area contributed by atoms with E-state index in [0.717, 1.165) is 5.69 Å². The number of aryl methyl sites for hydroxylation is 1. The van der Waals surface area contributed by atoms with Gasteiger partial charge in [0.05, 0.1) is 0 Å². The second kappa shape index (κ2) is 4.96. The molecule has 0 fully saturated rings. The topological polar surface area (TPSA) is 59.8 Å². The number of amides is 1.